The molecule has 1 aromatic rings. The van der Waals surface area contributed by atoms with E-state index in [0.29, 0.717) is 18.8 Å². The van der Waals surface area contributed by atoms with E-state index >= 15 is 0 Å². The number of aliphatic hydroxyl groups is 1. The van der Waals surface area contributed by atoms with Gasteiger partial charge in [-0.3, -0.25) is 4.79 Å². The average Bonchev–Trinajstić information content (AvgIpc) is 2.78. The molecule has 0 aliphatic carbocycles. The summed E-state index contributed by atoms with van der Waals surface area (Å²) in [5, 5.41) is 11.6. The zero-order valence-electron chi connectivity index (χ0n) is 9.81. The molecule has 1 aromatic heterocycles. The zero-order valence-corrected chi connectivity index (χ0v) is 9.81. The normalized spacial score (nSPS) is 12.4. The monoisotopic (exact) mass is 242 g/mol. The van der Waals surface area contributed by atoms with E-state index in [9.17, 15) is 4.79 Å². The van der Waals surface area contributed by atoms with Crippen LogP contribution >= 0.6 is 0 Å². The quantitative estimate of drug-likeness (QED) is 0.618. The summed E-state index contributed by atoms with van der Waals surface area (Å²) in [7, 11) is 1.54. The molecule has 0 saturated carbocycles. The first kappa shape index (κ1) is 13.7. The van der Waals surface area contributed by atoms with Crippen molar-refractivity contribution in [1.82, 2.24) is 5.32 Å². The molecule has 6 heteroatoms. The van der Waals surface area contributed by atoms with Crippen LogP contribution in [0.25, 0.3) is 0 Å². The molecule has 0 aliphatic heterocycles. The van der Waals surface area contributed by atoms with Crippen molar-refractivity contribution in [1.29, 1.82) is 0 Å². The highest BCUT2D eigenvalue weighted by Crippen LogP contribution is 2.07. The first-order valence-electron chi connectivity index (χ1n) is 5.40. The van der Waals surface area contributed by atoms with E-state index in [1.165, 1.54) is 7.11 Å². The molecule has 1 rings (SSSR count). The number of hydrogen-bond donors (Lipinski definition) is 3. The van der Waals surface area contributed by atoms with E-state index in [2.05, 4.69) is 5.32 Å². The first-order chi connectivity index (χ1) is 8.21. The van der Waals surface area contributed by atoms with Crippen LogP contribution in [0.5, 0.6) is 0 Å². The third kappa shape index (κ3) is 4.18. The number of furan rings is 1. The van der Waals surface area contributed by atoms with Gasteiger partial charge in [0.25, 0.3) is 5.91 Å². The van der Waals surface area contributed by atoms with Gasteiger partial charge in [0.05, 0.1) is 19.2 Å². The largest absolute Gasteiger partial charge is 0.455 e. The third-order valence-corrected chi connectivity index (χ3v) is 2.27. The van der Waals surface area contributed by atoms with E-state index < -0.39 is 0 Å². The smallest absolute Gasteiger partial charge is 0.287 e. The van der Waals surface area contributed by atoms with Gasteiger partial charge in [0.2, 0.25) is 0 Å². The lowest BCUT2D eigenvalue weighted by molar-refractivity contribution is 0.0850. The van der Waals surface area contributed by atoms with Crippen LogP contribution < -0.4 is 11.1 Å². The lowest BCUT2D eigenvalue weighted by atomic mass is 10.2. The van der Waals surface area contributed by atoms with E-state index in [1.54, 1.807) is 12.1 Å². The highest BCUT2D eigenvalue weighted by atomic mass is 16.5. The Morgan fingerprint density at radius 1 is 1.65 bits per heavy atom. The van der Waals surface area contributed by atoms with Gasteiger partial charge >= 0.3 is 0 Å². The molecular weight excluding hydrogens is 224 g/mol. The average molecular weight is 242 g/mol. The second-order valence-corrected chi connectivity index (χ2v) is 3.61. The van der Waals surface area contributed by atoms with Gasteiger partial charge in [-0.25, -0.2) is 0 Å². The van der Waals surface area contributed by atoms with Crippen LogP contribution in [0.1, 0.15) is 22.7 Å². The Balaban J connectivity index is 2.56. The summed E-state index contributed by atoms with van der Waals surface area (Å²) in [5.74, 6) is 0.435. The molecule has 0 saturated heterocycles. The van der Waals surface area contributed by atoms with Crippen molar-refractivity contribution in [2.75, 3.05) is 20.3 Å². The first-order valence-corrected chi connectivity index (χ1v) is 5.40. The second kappa shape index (κ2) is 7.05. The number of rotatable bonds is 7. The SMILES string of the molecule is COCC(CCO)NC(=O)c1ccc(CN)o1. The van der Waals surface area contributed by atoms with Crippen LogP contribution in [0.4, 0.5) is 0 Å². The molecule has 1 amide bonds. The second-order valence-electron chi connectivity index (χ2n) is 3.61. The molecule has 17 heavy (non-hydrogen) atoms. The minimum atomic E-state index is -0.333. The highest BCUT2D eigenvalue weighted by Gasteiger charge is 2.16. The highest BCUT2D eigenvalue weighted by molar-refractivity contribution is 5.91. The minimum Gasteiger partial charge on any atom is -0.455 e. The summed E-state index contributed by atoms with van der Waals surface area (Å²) in [6.07, 6.45) is 0.435. The Labute approximate surface area is 99.7 Å². The van der Waals surface area contributed by atoms with Gasteiger partial charge in [-0.1, -0.05) is 0 Å². The van der Waals surface area contributed by atoms with E-state index in [0.717, 1.165) is 0 Å². The van der Waals surface area contributed by atoms with Crippen molar-refractivity contribution in [2.45, 2.75) is 19.0 Å². The number of nitrogens with two attached hydrogens (primary N) is 1. The third-order valence-electron chi connectivity index (χ3n) is 2.27. The van der Waals surface area contributed by atoms with Crippen LogP contribution in [-0.2, 0) is 11.3 Å². The molecule has 0 fully saturated rings. The van der Waals surface area contributed by atoms with Gasteiger partial charge in [-0.05, 0) is 18.6 Å². The summed E-state index contributed by atoms with van der Waals surface area (Å²) in [4.78, 5) is 11.8. The predicted molar refractivity (Wildman–Crippen MR) is 61.4 cm³/mol. The van der Waals surface area contributed by atoms with Gasteiger partial charge in [0, 0.05) is 13.7 Å². The van der Waals surface area contributed by atoms with E-state index in [1.807, 2.05) is 0 Å². The topological polar surface area (TPSA) is 97.7 Å². The van der Waals surface area contributed by atoms with Gasteiger partial charge in [-0.2, -0.15) is 0 Å². The molecule has 0 spiro atoms. The Kier molecular flexibility index (Phi) is 5.68. The number of carbonyl (C=O) groups excluding carboxylic acids is 1. The van der Waals surface area contributed by atoms with Crippen LogP contribution in [0.15, 0.2) is 16.5 Å². The fourth-order valence-electron chi connectivity index (χ4n) is 1.42. The summed E-state index contributed by atoms with van der Waals surface area (Å²) >= 11 is 0. The molecule has 0 aliphatic rings. The van der Waals surface area contributed by atoms with Gasteiger partial charge < -0.3 is 25.3 Å². The summed E-state index contributed by atoms with van der Waals surface area (Å²) in [5.41, 5.74) is 5.38. The Hall–Kier alpha value is -1.37. The fraction of sp³-hybridized carbons (Fsp3) is 0.545. The van der Waals surface area contributed by atoms with E-state index in [4.69, 9.17) is 20.0 Å². The van der Waals surface area contributed by atoms with Crippen LogP contribution in [0.2, 0.25) is 0 Å². The zero-order chi connectivity index (χ0) is 12.7. The number of amides is 1. The number of aliphatic hydroxyl groups excluding tert-OH is 1. The van der Waals surface area contributed by atoms with Crippen molar-refractivity contribution in [2.24, 2.45) is 5.73 Å². The van der Waals surface area contributed by atoms with Gasteiger partial charge in [0.15, 0.2) is 5.76 Å². The van der Waals surface area contributed by atoms with Crippen molar-refractivity contribution in [3.8, 4) is 0 Å². The predicted octanol–water partition coefficient (Wildman–Crippen LogP) is -0.135. The number of ether oxygens (including phenoxy) is 1. The number of methoxy groups -OCH3 is 1. The van der Waals surface area contributed by atoms with Gasteiger partial charge in [-0.15, -0.1) is 0 Å². The lowest BCUT2D eigenvalue weighted by Crippen LogP contribution is -2.38. The van der Waals surface area contributed by atoms with Crippen LogP contribution in [0, 0.1) is 0 Å². The fourth-order valence-corrected chi connectivity index (χ4v) is 1.42. The van der Waals surface area contributed by atoms with Crippen molar-refractivity contribution in [3.63, 3.8) is 0 Å². The molecule has 1 heterocycles. The van der Waals surface area contributed by atoms with Crippen molar-refractivity contribution in [3.05, 3.63) is 23.7 Å². The minimum absolute atomic E-state index is 0.0134. The van der Waals surface area contributed by atoms with Crippen LogP contribution in [0.3, 0.4) is 0 Å². The summed E-state index contributed by atoms with van der Waals surface area (Å²) in [6.45, 7) is 0.586. The molecule has 0 bridgehead atoms. The molecule has 1 atom stereocenters. The Morgan fingerprint density at radius 3 is 2.94 bits per heavy atom. The lowest BCUT2D eigenvalue weighted by Gasteiger charge is -2.15. The summed E-state index contributed by atoms with van der Waals surface area (Å²) in [6, 6.07) is 3.00. The molecule has 96 valence electrons. The number of carbonyl (C=O) groups is 1. The molecular formula is C11H18N2O4. The summed E-state index contributed by atoms with van der Waals surface area (Å²) < 4.78 is 10.2. The Bertz CT molecular complexity index is 345. The maximum absolute atomic E-state index is 11.8. The molecule has 0 radical (unpaired) electrons. The number of nitrogens with one attached hydrogen (secondary N) is 1. The molecule has 6 nitrogen and oxygen atoms in total. The van der Waals surface area contributed by atoms with Gasteiger partial charge in [0.1, 0.15) is 5.76 Å². The van der Waals surface area contributed by atoms with Crippen molar-refractivity contribution < 1.29 is 19.1 Å². The standard InChI is InChI=1S/C11H18N2O4/c1-16-7-8(4-5-14)13-11(15)10-3-2-9(6-12)17-10/h2-3,8,14H,4-7,12H2,1H3,(H,13,15). The number of hydrogen-bond acceptors (Lipinski definition) is 5. The molecule has 4 N–H and O–H groups in total. The van der Waals surface area contributed by atoms with E-state index in [-0.39, 0.29) is 30.9 Å². The Morgan fingerprint density at radius 2 is 2.41 bits per heavy atom. The molecule has 1 unspecified atom stereocenters. The maximum Gasteiger partial charge on any atom is 0.287 e. The molecule has 0 aromatic carbocycles. The van der Waals surface area contributed by atoms with Crippen LogP contribution in [-0.4, -0.2) is 37.4 Å². The van der Waals surface area contributed by atoms with Crippen molar-refractivity contribution >= 4 is 5.91 Å². The maximum atomic E-state index is 11.8.